The van der Waals surface area contributed by atoms with E-state index in [-0.39, 0.29) is 24.3 Å². The van der Waals surface area contributed by atoms with Crippen LogP contribution in [0, 0.1) is 35.8 Å². The quantitative estimate of drug-likeness (QED) is 0.482. The van der Waals surface area contributed by atoms with Crippen molar-refractivity contribution in [1.29, 1.82) is 0 Å². The second-order valence-electron chi connectivity index (χ2n) is 6.14. The average Bonchev–Trinajstić information content (AvgIpc) is 3.05. The molecule has 0 unspecified atom stereocenters. The Kier molecular flexibility index (Phi) is 3.43. The number of aromatic nitrogens is 2. The van der Waals surface area contributed by atoms with Gasteiger partial charge in [0.2, 0.25) is 0 Å². The van der Waals surface area contributed by atoms with Crippen LogP contribution >= 0.6 is 0 Å². The van der Waals surface area contributed by atoms with E-state index in [2.05, 4.69) is 5.10 Å². The van der Waals surface area contributed by atoms with Crippen molar-refractivity contribution in [3.63, 3.8) is 0 Å². The number of carbonyl (C=O) groups is 1. The molecule has 0 aromatic carbocycles. The normalized spacial score (nSPS) is 27.0. The van der Waals surface area contributed by atoms with Gasteiger partial charge in [-0.3, -0.25) is 19.6 Å². The molecular weight excluding hydrogens is 274 g/mol. The summed E-state index contributed by atoms with van der Waals surface area (Å²) in [5, 5.41) is 15.0. The molecule has 2 saturated carbocycles. The highest BCUT2D eigenvalue weighted by molar-refractivity contribution is 5.69. The van der Waals surface area contributed by atoms with Gasteiger partial charge < -0.3 is 4.74 Å². The number of nitrogens with zero attached hydrogens (tertiary/aromatic N) is 3. The minimum Gasteiger partial charge on any atom is -0.461 e. The van der Waals surface area contributed by atoms with Crippen LogP contribution in [-0.4, -0.2) is 26.8 Å². The molecule has 1 aromatic heterocycles. The Balaban J connectivity index is 1.65. The van der Waals surface area contributed by atoms with Gasteiger partial charge >= 0.3 is 11.7 Å². The van der Waals surface area contributed by atoms with Crippen LogP contribution in [0.2, 0.25) is 0 Å². The average molecular weight is 293 g/mol. The van der Waals surface area contributed by atoms with Crippen LogP contribution < -0.4 is 0 Å². The third kappa shape index (κ3) is 2.52. The second-order valence-corrected chi connectivity index (χ2v) is 6.14. The van der Waals surface area contributed by atoms with Crippen LogP contribution in [0.5, 0.6) is 0 Å². The maximum absolute atomic E-state index is 12.0. The van der Waals surface area contributed by atoms with Crippen molar-refractivity contribution in [1.82, 2.24) is 9.78 Å². The first-order valence-corrected chi connectivity index (χ1v) is 7.33. The number of ether oxygens (including phenoxy) is 1. The van der Waals surface area contributed by atoms with Crippen molar-refractivity contribution in [2.24, 2.45) is 11.8 Å². The van der Waals surface area contributed by atoms with E-state index in [1.807, 2.05) is 0 Å². The zero-order valence-electron chi connectivity index (χ0n) is 12.2. The molecule has 2 bridgehead atoms. The van der Waals surface area contributed by atoms with E-state index < -0.39 is 4.92 Å². The van der Waals surface area contributed by atoms with Crippen molar-refractivity contribution < 1.29 is 14.5 Å². The number of carbonyl (C=O) groups excluding carboxylic acids is 1. The molecular formula is C14H19N3O4. The Morgan fingerprint density at radius 2 is 2.19 bits per heavy atom. The smallest absolute Gasteiger partial charge is 0.328 e. The summed E-state index contributed by atoms with van der Waals surface area (Å²) in [5.41, 5.74) is 0.690. The van der Waals surface area contributed by atoms with E-state index in [0.29, 0.717) is 23.2 Å². The maximum atomic E-state index is 12.0. The molecule has 21 heavy (non-hydrogen) atoms. The van der Waals surface area contributed by atoms with E-state index in [1.165, 1.54) is 17.5 Å². The predicted molar refractivity (Wildman–Crippen MR) is 73.7 cm³/mol. The van der Waals surface area contributed by atoms with Gasteiger partial charge in [0.25, 0.3) is 0 Å². The van der Waals surface area contributed by atoms with Crippen LogP contribution in [0.4, 0.5) is 5.69 Å². The summed E-state index contributed by atoms with van der Waals surface area (Å²) < 4.78 is 6.91. The minimum absolute atomic E-state index is 0.0253. The second kappa shape index (κ2) is 5.13. The number of fused-ring (bicyclic) bond motifs is 2. The zero-order chi connectivity index (χ0) is 15.1. The molecule has 2 fully saturated rings. The molecule has 7 heteroatoms. The molecule has 2 aliphatic rings. The van der Waals surface area contributed by atoms with Gasteiger partial charge in [-0.25, -0.2) is 0 Å². The molecule has 0 amide bonds. The minimum atomic E-state index is -0.463. The fourth-order valence-electron chi connectivity index (χ4n) is 3.76. The van der Waals surface area contributed by atoms with E-state index in [4.69, 9.17) is 4.74 Å². The Hall–Kier alpha value is -1.92. The van der Waals surface area contributed by atoms with Gasteiger partial charge in [0.1, 0.15) is 24.0 Å². The van der Waals surface area contributed by atoms with Crippen LogP contribution in [0.1, 0.15) is 37.1 Å². The molecule has 1 heterocycles. The van der Waals surface area contributed by atoms with Crippen LogP contribution in [0.15, 0.2) is 0 Å². The number of aryl methyl sites for hydroxylation is 1. The topological polar surface area (TPSA) is 87.3 Å². The van der Waals surface area contributed by atoms with E-state index in [1.54, 1.807) is 13.8 Å². The molecule has 1 aromatic rings. The van der Waals surface area contributed by atoms with Gasteiger partial charge in [-0.2, -0.15) is 5.10 Å². The van der Waals surface area contributed by atoms with Crippen molar-refractivity contribution in [3.8, 4) is 0 Å². The van der Waals surface area contributed by atoms with E-state index >= 15 is 0 Å². The molecule has 7 nitrogen and oxygen atoms in total. The van der Waals surface area contributed by atoms with E-state index in [0.717, 1.165) is 12.8 Å². The maximum Gasteiger partial charge on any atom is 0.328 e. The van der Waals surface area contributed by atoms with Crippen LogP contribution in [0.25, 0.3) is 0 Å². The van der Waals surface area contributed by atoms with Gasteiger partial charge in [-0.1, -0.05) is 0 Å². The molecule has 114 valence electrons. The van der Waals surface area contributed by atoms with Crippen molar-refractivity contribution in [2.75, 3.05) is 0 Å². The summed E-state index contributed by atoms with van der Waals surface area (Å²) >= 11 is 0. The van der Waals surface area contributed by atoms with Crippen LogP contribution in [-0.2, 0) is 16.1 Å². The summed E-state index contributed by atoms with van der Waals surface area (Å²) in [6.07, 6.45) is 4.57. The lowest BCUT2D eigenvalue weighted by molar-refractivity contribution is -0.386. The number of nitro groups is 1. The summed E-state index contributed by atoms with van der Waals surface area (Å²) in [6.45, 7) is 3.11. The van der Waals surface area contributed by atoms with E-state index in [9.17, 15) is 14.9 Å². The third-order valence-corrected chi connectivity index (χ3v) is 4.76. The Bertz CT molecular complexity index is 595. The molecule has 0 radical (unpaired) electrons. The molecule has 0 saturated heterocycles. The fourth-order valence-corrected chi connectivity index (χ4v) is 3.76. The monoisotopic (exact) mass is 293 g/mol. The Morgan fingerprint density at radius 1 is 1.43 bits per heavy atom. The lowest BCUT2D eigenvalue weighted by Gasteiger charge is -2.21. The SMILES string of the molecule is Cc1nn(CC(=O)O[C@@H]2C[C@H]3CC[C@H]2C3)c(C)c1[N+](=O)[O-]. The lowest BCUT2D eigenvalue weighted by Crippen LogP contribution is -2.26. The summed E-state index contributed by atoms with van der Waals surface area (Å²) in [5.74, 6) is 0.865. The van der Waals surface area contributed by atoms with Crippen molar-refractivity contribution in [3.05, 3.63) is 21.5 Å². The largest absolute Gasteiger partial charge is 0.461 e. The van der Waals surface area contributed by atoms with Gasteiger partial charge in [-0.15, -0.1) is 0 Å². The molecule has 3 atom stereocenters. The van der Waals surface area contributed by atoms with Crippen LogP contribution in [0.3, 0.4) is 0 Å². The van der Waals surface area contributed by atoms with Crippen molar-refractivity contribution in [2.45, 2.75) is 52.2 Å². The molecule has 0 spiro atoms. The Morgan fingerprint density at radius 3 is 2.71 bits per heavy atom. The molecule has 2 aliphatic carbocycles. The highest BCUT2D eigenvalue weighted by Crippen LogP contribution is 2.45. The molecule has 0 aliphatic heterocycles. The van der Waals surface area contributed by atoms with Gasteiger partial charge in [0, 0.05) is 0 Å². The first-order valence-electron chi connectivity index (χ1n) is 7.33. The molecule has 0 N–H and O–H groups in total. The zero-order valence-corrected chi connectivity index (χ0v) is 12.2. The number of esters is 1. The first-order chi connectivity index (χ1) is 9.95. The summed E-state index contributed by atoms with van der Waals surface area (Å²) in [6, 6.07) is 0. The summed E-state index contributed by atoms with van der Waals surface area (Å²) in [4.78, 5) is 22.5. The standard InChI is InChI=1S/C14H19N3O4/c1-8-14(17(19)20)9(2)16(15-8)7-13(18)21-12-6-10-3-4-11(12)5-10/h10-12H,3-7H2,1-2H3/t10-,11-,12+/m0/s1. The third-order valence-electron chi connectivity index (χ3n) is 4.76. The highest BCUT2D eigenvalue weighted by atomic mass is 16.6. The summed E-state index contributed by atoms with van der Waals surface area (Å²) in [7, 11) is 0. The van der Waals surface area contributed by atoms with Gasteiger partial charge in [0.05, 0.1) is 4.92 Å². The van der Waals surface area contributed by atoms with Gasteiger partial charge in [-0.05, 0) is 51.4 Å². The van der Waals surface area contributed by atoms with Gasteiger partial charge in [0.15, 0.2) is 0 Å². The predicted octanol–water partition coefficient (Wildman–Crippen LogP) is 2.14. The molecule has 3 rings (SSSR count). The highest BCUT2D eigenvalue weighted by Gasteiger charge is 2.41. The number of hydrogen-bond donors (Lipinski definition) is 0. The first kappa shape index (κ1) is 14.0. The number of rotatable bonds is 4. The fraction of sp³-hybridized carbons (Fsp3) is 0.714. The van der Waals surface area contributed by atoms with Crippen molar-refractivity contribution >= 4 is 11.7 Å². The Labute approximate surface area is 122 Å². The lowest BCUT2D eigenvalue weighted by atomic mass is 9.98. The number of hydrogen-bond acceptors (Lipinski definition) is 5.